The third kappa shape index (κ3) is 7.10. The summed E-state index contributed by atoms with van der Waals surface area (Å²) >= 11 is 0. The predicted octanol–water partition coefficient (Wildman–Crippen LogP) is 1.81. The number of amides is 2. The molecule has 0 aliphatic carbocycles. The summed E-state index contributed by atoms with van der Waals surface area (Å²) in [7, 11) is 1.57. The van der Waals surface area contributed by atoms with E-state index in [4.69, 9.17) is 4.74 Å². The monoisotopic (exact) mass is 323 g/mol. The molecule has 0 spiro atoms. The highest BCUT2D eigenvalue weighted by Gasteiger charge is 2.21. The van der Waals surface area contributed by atoms with Crippen molar-refractivity contribution in [2.24, 2.45) is 0 Å². The molecule has 0 radical (unpaired) electrons. The number of hydrogen-bond acceptors (Lipinski definition) is 5. The molecular weight excluding hydrogens is 298 g/mol. The van der Waals surface area contributed by atoms with E-state index in [1.165, 1.54) is 18.0 Å². The Hall–Kier alpha value is -2.15. The van der Waals surface area contributed by atoms with Crippen LogP contribution in [0.25, 0.3) is 0 Å². The fraction of sp³-hybridized carbons (Fsp3) is 0.562. The number of nitrogens with zero attached hydrogens (tertiary/aromatic N) is 2. The highest BCUT2D eigenvalue weighted by Crippen LogP contribution is 2.16. The Bertz CT molecular complexity index is 555. The van der Waals surface area contributed by atoms with Crippen LogP contribution in [0.1, 0.15) is 33.3 Å². The molecule has 0 aliphatic rings. The first-order valence-corrected chi connectivity index (χ1v) is 7.41. The van der Waals surface area contributed by atoms with Crippen molar-refractivity contribution in [2.45, 2.75) is 45.8 Å². The third-order valence-electron chi connectivity index (χ3n) is 2.87. The van der Waals surface area contributed by atoms with Crippen LogP contribution in [0.2, 0.25) is 0 Å². The summed E-state index contributed by atoms with van der Waals surface area (Å²) in [5, 5.41) is 12.9. The molecular formula is C16H25N3O4. The summed E-state index contributed by atoms with van der Waals surface area (Å²) in [6, 6.07) is 1.72. The number of ether oxygens (including phenoxy) is 1. The summed E-state index contributed by atoms with van der Waals surface area (Å²) in [6.45, 7) is 6.88. The average molecular weight is 323 g/mol. The van der Waals surface area contributed by atoms with Gasteiger partial charge >= 0.3 is 6.09 Å². The standard InChI is InChI=1S/C16H25N3O4/c1-11(20)18-14-9-17-7-6-12(14)8-13(21)10-19(5)15(22)23-16(2,3)4/h6-7,9,13,21H,8,10H2,1-5H3,(H,18,20). The van der Waals surface area contributed by atoms with Gasteiger partial charge in [-0.05, 0) is 32.4 Å². The Morgan fingerprint density at radius 2 is 2.09 bits per heavy atom. The molecule has 7 nitrogen and oxygen atoms in total. The van der Waals surface area contributed by atoms with Crippen LogP contribution in [-0.4, -0.2) is 52.3 Å². The Morgan fingerprint density at radius 1 is 1.43 bits per heavy atom. The van der Waals surface area contributed by atoms with Crippen molar-refractivity contribution in [1.82, 2.24) is 9.88 Å². The zero-order valence-corrected chi connectivity index (χ0v) is 14.3. The van der Waals surface area contributed by atoms with Gasteiger partial charge in [-0.15, -0.1) is 0 Å². The molecule has 2 N–H and O–H groups in total. The first-order chi connectivity index (χ1) is 10.6. The number of hydrogen-bond donors (Lipinski definition) is 2. The molecule has 1 aromatic rings. The van der Waals surface area contributed by atoms with Crippen LogP contribution in [0.5, 0.6) is 0 Å². The van der Waals surface area contributed by atoms with Crippen molar-refractivity contribution in [3.8, 4) is 0 Å². The minimum Gasteiger partial charge on any atom is -0.444 e. The van der Waals surface area contributed by atoms with Crippen molar-refractivity contribution in [1.29, 1.82) is 0 Å². The van der Waals surface area contributed by atoms with E-state index >= 15 is 0 Å². The van der Waals surface area contributed by atoms with Gasteiger partial charge in [0.25, 0.3) is 0 Å². The van der Waals surface area contributed by atoms with Gasteiger partial charge in [-0.25, -0.2) is 4.79 Å². The second-order valence-electron chi connectivity index (χ2n) is 6.43. The Balaban J connectivity index is 2.65. The molecule has 0 bridgehead atoms. The van der Waals surface area contributed by atoms with Gasteiger partial charge in [0, 0.05) is 33.1 Å². The Labute approximate surface area is 136 Å². The molecule has 2 amide bonds. The van der Waals surface area contributed by atoms with E-state index in [0.29, 0.717) is 5.69 Å². The number of aliphatic hydroxyl groups excluding tert-OH is 1. The summed E-state index contributed by atoms with van der Waals surface area (Å²) in [5.74, 6) is -0.209. The quantitative estimate of drug-likeness (QED) is 0.862. The number of aromatic nitrogens is 1. The lowest BCUT2D eigenvalue weighted by atomic mass is 10.1. The number of aliphatic hydroxyl groups is 1. The summed E-state index contributed by atoms with van der Waals surface area (Å²) in [6.07, 6.45) is 2.12. The molecule has 128 valence electrons. The fourth-order valence-electron chi connectivity index (χ4n) is 1.95. The van der Waals surface area contributed by atoms with Gasteiger partial charge in [0.15, 0.2) is 0 Å². The maximum absolute atomic E-state index is 11.9. The van der Waals surface area contributed by atoms with Crippen molar-refractivity contribution in [3.05, 3.63) is 24.0 Å². The molecule has 0 aliphatic heterocycles. The van der Waals surface area contributed by atoms with Gasteiger partial charge in [-0.3, -0.25) is 9.78 Å². The number of carbonyl (C=O) groups is 2. The average Bonchev–Trinajstić information content (AvgIpc) is 2.38. The molecule has 1 aromatic heterocycles. The Kier molecular flexibility index (Phi) is 6.50. The van der Waals surface area contributed by atoms with Crippen LogP contribution < -0.4 is 5.32 Å². The van der Waals surface area contributed by atoms with Crippen molar-refractivity contribution in [3.63, 3.8) is 0 Å². The fourth-order valence-corrected chi connectivity index (χ4v) is 1.95. The molecule has 0 saturated carbocycles. The maximum Gasteiger partial charge on any atom is 0.410 e. The minimum atomic E-state index is -0.789. The summed E-state index contributed by atoms with van der Waals surface area (Å²) < 4.78 is 5.24. The van der Waals surface area contributed by atoms with Gasteiger partial charge in [-0.1, -0.05) is 0 Å². The van der Waals surface area contributed by atoms with Crippen LogP contribution >= 0.6 is 0 Å². The minimum absolute atomic E-state index is 0.122. The largest absolute Gasteiger partial charge is 0.444 e. The lowest BCUT2D eigenvalue weighted by molar-refractivity contribution is -0.114. The topological polar surface area (TPSA) is 91.8 Å². The van der Waals surface area contributed by atoms with E-state index in [2.05, 4.69) is 10.3 Å². The second-order valence-corrected chi connectivity index (χ2v) is 6.43. The first-order valence-electron chi connectivity index (χ1n) is 7.41. The lowest BCUT2D eigenvalue weighted by Gasteiger charge is -2.26. The molecule has 23 heavy (non-hydrogen) atoms. The zero-order chi connectivity index (χ0) is 17.6. The molecule has 1 heterocycles. The second kappa shape index (κ2) is 7.92. The van der Waals surface area contributed by atoms with Crippen LogP contribution in [-0.2, 0) is 16.0 Å². The molecule has 1 atom stereocenters. The van der Waals surface area contributed by atoms with Crippen molar-refractivity contribution >= 4 is 17.7 Å². The van der Waals surface area contributed by atoms with Gasteiger partial charge < -0.3 is 20.1 Å². The van der Waals surface area contributed by atoms with Crippen LogP contribution in [0.3, 0.4) is 0 Å². The van der Waals surface area contributed by atoms with Gasteiger partial charge in [-0.2, -0.15) is 0 Å². The Morgan fingerprint density at radius 3 is 2.65 bits per heavy atom. The SMILES string of the molecule is CC(=O)Nc1cnccc1CC(O)CN(C)C(=O)OC(C)(C)C. The molecule has 1 rings (SSSR count). The molecule has 7 heteroatoms. The normalized spacial score (nSPS) is 12.4. The third-order valence-corrected chi connectivity index (χ3v) is 2.87. The van der Waals surface area contributed by atoms with Gasteiger partial charge in [0.2, 0.25) is 5.91 Å². The van der Waals surface area contributed by atoms with Crippen LogP contribution in [0.15, 0.2) is 18.5 Å². The maximum atomic E-state index is 11.9. The first kappa shape index (κ1) is 18.9. The van der Waals surface area contributed by atoms with Crippen molar-refractivity contribution in [2.75, 3.05) is 18.9 Å². The predicted molar refractivity (Wildman–Crippen MR) is 87.1 cm³/mol. The van der Waals surface area contributed by atoms with E-state index < -0.39 is 17.8 Å². The van der Waals surface area contributed by atoms with Gasteiger partial charge in [0.05, 0.1) is 18.0 Å². The van der Waals surface area contributed by atoms with E-state index in [-0.39, 0.29) is 18.9 Å². The zero-order valence-electron chi connectivity index (χ0n) is 14.3. The van der Waals surface area contributed by atoms with E-state index in [9.17, 15) is 14.7 Å². The molecule has 0 aromatic carbocycles. The number of pyridine rings is 1. The highest BCUT2D eigenvalue weighted by molar-refractivity contribution is 5.89. The van der Waals surface area contributed by atoms with E-state index in [1.807, 2.05) is 0 Å². The molecule has 0 saturated heterocycles. The van der Waals surface area contributed by atoms with E-state index in [1.54, 1.807) is 40.1 Å². The summed E-state index contributed by atoms with van der Waals surface area (Å²) in [5.41, 5.74) is 0.722. The highest BCUT2D eigenvalue weighted by atomic mass is 16.6. The van der Waals surface area contributed by atoms with Crippen LogP contribution in [0, 0.1) is 0 Å². The smallest absolute Gasteiger partial charge is 0.410 e. The van der Waals surface area contributed by atoms with Crippen molar-refractivity contribution < 1.29 is 19.4 Å². The van der Waals surface area contributed by atoms with Crippen LogP contribution in [0.4, 0.5) is 10.5 Å². The molecule has 0 fully saturated rings. The number of nitrogens with one attached hydrogen (secondary N) is 1. The number of carbonyl (C=O) groups excluding carboxylic acids is 2. The molecule has 1 unspecified atom stereocenters. The lowest BCUT2D eigenvalue weighted by Crippen LogP contribution is -2.39. The summed E-state index contributed by atoms with van der Waals surface area (Å²) in [4.78, 5) is 28.3. The van der Waals surface area contributed by atoms with E-state index in [0.717, 1.165) is 5.56 Å². The number of likely N-dealkylation sites (N-methyl/N-ethyl adjacent to an activating group) is 1. The number of anilines is 1. The number of rotatable bonds is 5. The van der Waals surface area contributed by atoms with Gasteiger partial charge in [0.1, 0.15) is 5.60 Å².